The fourth-order valence-corrected chi connectivity index (χ4v) is 1.53. The molecule has 0 aliphatic heterocycles. The molecule has 1 fully saturated rings. The summed E-state index contributed by atoms with van der Waals surface area (Å²) in [6, 6.07) is 0. The Morgan fingerprint density at radius 2 is 1.60 bits per heavy atom. The van der Waals surface area contributed by atoms with Crippen LogP contribution in [0.5, 0.6) is 0 Å². The van der Waals surface area contributed by atoms with Crippen molar-refractivity contribution in [2.24, 2.45) is 11.8 Å². The first-order valence-electron chi connectivity index (χ1n) is 4.38. The summed E-state index contributed by atoms with van der Waals surface area (Å²) in [4.78, 5) is 0. The van der Waals surface area contributed by atoms with Gasteiger partial charge in [-0.1, -0.05) is 27.7 Å². The zero-order valence-electron chi connectivity index (χ0n) is 7.59. The molecule has 0 spiro atoms. The minimum Gasteiger partial charge on any atom is -0.393 e. The molecule has 1 heteroatoms. The van der Waals surface area contributed by atoms with E-state index < -0.39 is 0 Å². The summed E-state index contributed by atoms with van der Waals surface area (Å²) in [5, 5.41) is 9.17. The smallest absolute Gasteiger partial charge is 0.0568 e. The van der Waals surface area contributed by atoms with E-state index in [1.54, 1.807) is 0 Å². The quantitative estimate of drug-likeness (QED) is 0.553. The third-order valence-corrected chi connectivity index (χ3v) is 2.07. The van der Waals surface area contributed by atoms with Crippen LogP contribution in [0.25, 0.3) is 0 Å². The fraction of sp³-hybridized carbons (Fsp3) is 1.00. The first-order chi connectivity index (χ1) is 4.70. The van der Waals surface area contributed by atoms with Crippen molar-refractivity contribution in [3.05, 3.63) is 0 Å². The Kier molecular flexibility index (Phi) is 4.71. The van der Waals surface area contributed by atoms with Crippen molar-refractivity contribution in [2.45, 2.75) is 46.6 Å². The van der Waals surface area contributed by atoms with E-state index >= 15 is 0 Å². The van der Waals surface area contributed by atoms with Gasteiger partial charge in [0, 0.05) is 0 Å². The Hall–Kier alpha value is -0.0400. The maximum atomic E-state index is 9.17. The fourth-order valence-electron chi connectivity index (χ4n) is 1.53. The minimum atomic E-state index is -0.00926. The van der Waals surface area contributed by atoms with E-state index in [9.17, 15) is 0 Å². The van der Waals surface area contributed by atoms with Gasteiger partial charge in [-0.2, -0.15) is 0 Å². The summed E-state index contributed by atoms with van der Waals surface area (Å²) in [6.07, 6.45) is 2.22. The summed E-state index contributed by atoms with van der Waals surface area (Å²) >= 11 is 0. The van der Waals surface area contributed by atoms with Crippen molar-refractivity contribution in [2.75, 3.05) is 0 Å². The highest BCUT2D eigenvalue weighted by atomic mass is 16.3. The van der Waals surface area contributed by atoms with Gasteiger partial charge in [0.2, 0.25) is 0 Å². The van der Waals surface area contributed by atoms with Crippen molar-refractivity contribution in [1.29, 1.82) is 0 Å². The van der Waals surface area contributed by atoms with Gasteiger partial charge < -0.3 is 5.11 Å². The van der Waals surface area contributed by atoms with E-state index in [0.717, 1.165) is 12.3 Å². The monoisotopic (exact) mass is 144 g/mol. The van der Waals surface area contributed by atoms with E-state index in [0.29, 0.717) is 5.92 Å². The van der Waals surface area contributed by atoms with E-state index in [-0.39, 0.29) is 6.10 Å². The summed E-state index contributed by atoms with van der Waals surface area (Å²) in [7, 11) is 0. The van der Waals surface area contributed by atoms with Gasteiger partial charge in [0.15, 0.2) is 0 Å². The molecule has 10 heavy (non-hydrogen) atoms. The largest absolute Gasteiger partial charge is 0.393 e. The van der Waals surface area contributed by atoms with Crippen molar-refractivity contribution in [3.8, 4) is 0 Å². The summed E-state index contributed by atoms with van der Waals surface area (Å²) in [5.74, 6) is 1.30. The molecule has 0 saturated heterocycles. The molecule has 0 amide bonds. The third-order valence-electron chi connectivity index (χ3n) is 2.07. The van der Waals surface area contributed by atoms with E-state index in [1.165, 1.54) is 6.42 Å². The van der Waals surface area contributed by atoms with Gasteiger partial charge in [0.1, 0.15) is 0 Å². The third kappa shape index (κ3) is 2.70. The number of aliphatic hydroxyl groups is 1. The zero-order valence-corrected chi connectivity index (χ0v) is 7.59. The molecule has 3 atom stereocenters. The van der Waals surface area contributed by atoms with Crippen LogP contribution in [-0.4, -0.2) is 11.2 Å². The normalized spacial score (nSPS) is 38.7. The van der Waals surface area contributed by atoms with Gasteiger partial charge in [-0.3, -0.25) is 0 Å². The average molecular weight is 144 g/mol. The van der Waals surface area contributed by atoms with Crippen LogP contribution < -0.4 is 0 Å². The highest BCUT2D eigenvalue weighted by molar-refractivity contribution is 4.77. The van der Waals surface area contributed by atoms with Crippen molar-refractivity contribution in [3.63, 3.8) is 0 Å². The SMILES string of the molecule is CC.CC1CC(C)C(O)C1. The van der Waals surface area contributed by atoms with Gasteiger partial charge in [-0.05, 0) is 24.7 Å². The molecule has 1 saturated carbocycles. The van der Waals surface area contributed by atoms with Crippen LogP contribution in [0.3, 0.4) is 0 Å². The maximum absolute atomic E-state index is 9.17. The van der Waals surface area contributed by atoms with Crippen LogP contribution in [0.2, 0.25) is 0 Å². The number of rotatable bonds is 0. The molecule has 1 aliphatic carbocycles. The van der Waals surface area contributed by atoms with Crippen LogP contribution in [-0.2, 0) is 0 Å². The lowest BCUT2D eigenvalue weighted by molar-refractivity contribution is 0.140. The van der Waals surface area contributed by atoms with E-state index in [1.807, 2.05) is 13.8 Å². The molecule has 1 N–H and O–H groups in total. The Labute approximate surface area is 64.5 Å². The molecule has 0 aromatic rings. The number of hydrogen-bond acceptors (Lipinski definition) is 1. The molecule has 1 rings (SSSR count). The lowest BCUT2D eigenvalue weighted by Gasteiger charge is -2.04. The molecule has 0 bridgehead atoms. The van der Waals surface area contributed by atoms with Crippen molar-refractivity contribution in [1.82, 2.24) is 0 Å². The topological polar surface area (TPSA) is 20.2 Å². The molecular formula is C9H20O. The van der Waals surface area contributed by atoms with Gasteiger partial charge >= 0.3 is 0 Å². The first kappa shape index (κ1) is 9.96. The Morgan fingerprint density at radius 1 is 1.10 bits per heavy atom. The second-order valence-electron chi connectivity index (χ2n) is 3.12. The predicted molar refractivity (Wildman–Crippen MR) is 44.9 cm³/mol. The Morgan fingerprint density at radius 3 is 1.70 bits per heavy atom. The van der Waals surface area contributed by atoms with Crippen LogP contribution in [0.1, 0.15) is 40.5 Å². The van der Waals surface area contributed by atoms with Gasteiger partial charge in [-0.25, -0.2) is 0 Å². The highest BCUT2D eigenvalue weighted by Gasteiger charge is 2.25. The summed E-state index contributed by atoms with van der Waals surface area (Å²) in [5.41, 5.74) is 0. The van der Waals surface area contributed by atoms with E-state index in [4.69, 9.17) is 5.11 Å². The minimum absolute atomic E-state index is 0.00926. The lowest BCUT2D eigenvalue weighted by atomic mass is 10.1. The lowest BCUT2D eigenvalue weighted by Crippen LogP contribution is -2.07. The van der Waals surface area contributed by atoms with Gasteiger partial charge in [-0.15, -0.1) is 0 Å². The molecular weight excluding hydrogens is 124 g/mol. The molecule has 0 radical (unpaired) electrons. The molecule has 0 aromatic heterocycles. The first-order valence-corrected chi connectivity index (χ1v) is 4.38. The molecule has 1 aliphatic rings. The summed E-state index contributed by atoms with van der Waals surface area (Å²) in [6.45, 7) is 8.32. The molecule has 62 valence electrons. The summed E-state index contributed by atoms with van der Waals surface area (Å²) < 4.78 is 0. The molecule has 0 heterocycles. The molecule has 3 unspecified atom stereocenters. The average Bonchev–Trinajstić information content (AvgIpc) is 2.16. The van der Waals surface area contributed by atoms with Crippen LogP contribution >= 0.6 is 0 Å². The standard InChI is InChI=1S/C7H14O.C2H6/c1-5-3-6(2)7(8)4-5;1-2/h5-8H,3-4H2,1-2H3;1-2H3. The Bertz CT molecular complexity index is 70.8. The molecule has 0 aromatic carbocycles. The number of hydrogen-bond donors (Lipinski definition) is 1. The zero-order chi connectivity index (χ0) is 8.15. The van der Waals surface area contributed by atoms with Crippen LogP contribution in [0.4, 0.5) is 0 Å². The van der Waals surface area contributed by atoms with Crippen LogP contribution in [0.15, 0.2) is 0 Å². The van der Waals surface area contributed by atoms with Crippen LogP contribution in [0, 0.1) is 11.8 Å². The second kappa shape index (κ2) is 4.73. The molecule has 1 nitrogen and oxygen atoms in total. The van der Waals surface area contributed by atoms with Crippen molar-refractivity contribution < 1.29 is 5.11 Å². The van der Waals surface area contributed by atoms with Crippen molar-refractivity contribution >= 4 is 0 Å². The van der Waals surface area contributed by atoms with E-state index in [2.05, 4.69) is 13.8 Å². The number of aliphatic hydroxyl groups excluding tert-OH is 1. The highest BCUT2D eigenvalue weighted by Crippen LogP contribution is 2.29. The van der Waals surface area contributed by atoms with Gasteiger partial charge in [0.25, 0.3) is 0 Å². The van der Waals surface area contributed by atoms with Gasteiger partial charge in [0.05, 0.1) is 6.10 Å². The second-order valence-corrected chi connectivity index (χ2v) is 3.12. The maximum Gasteiger partial charge on any atom is 0.0568 e. The predicted octanol–water partition coefficient (Wildman–Crippen LogP) is 2.44. The Balaban J connectivity index is 0.000000371.